The summed E-state index contributed by atoms with van der Waals surface area (Å²) < 4.78 is 14.4. The van der Waals surface area contributed by atoms with Gasteiger partial charge in [0, 0.05) is 44.5 Å². The Morgan fingerprint density at radius 1 is 1.08 bits per heavy atom. The minimum atomic E-state index is -0.259. The van der Waals surface area contributed by atoms with E-state index in [1.54, 1.807) is 17.0 Å². The van der Waals surface area contributed by atoms with Gasteiger partial charge in [0.2, 0.25) is 0 Å². The number of nitrogens with zero attached hydrogens (tertiary/aromatic N) is 4. The normalized spacial score (nSPS) is 14.8. The SMILES string of the molecule is CC(C)Cn1nc(C(=O)N2CCN(c3ccc(F)cc3)CC2)ccc1=O. The molecule has 0 atom stereocenters. The number of aromatic nitrogens is 2. The van der Waals surface area contributed by atoms with Crippen LogP contribution < -0.4 is 10.5 Å². The van der Waals surface area contributed by atoms with E-state index in [0.29, 0.717) is 38.4 Å². The van der Waals surface area contributed by atoms with Gasteiger partial charge in [-0.1, -0.05) is 13.8 Å². The maximum Gasteiger partial charge on any atom is 0.274 e. The van der Waals surface area contributed by atoms with Crippen LogP contribution in [0, 0.1) is 11.7 Å². The lowest BCUT2D eigenvalue weighted by Gasteiger charge is -2.36. The van der Waals surface area contributed by atoms with Crippen molar-refractivity contribution >= 4 is 11.6 Å². The zero-order valence-corrected chi connectivity index (χ0v) is 15.1. The van der Waals surface area contributed by atoms with Crippen molar-refractivity contribution in [1.82, 2.24) is 14.7 Å². The highest BCUT2D eigenvalue weighted by Gasteiger charge is 2.23. The zero-order chi connectivity index (χ0) is 18.7. The number of halogens is 1. The van der Waals surface area contributed by atoms with Gasteiger partial charge in [0.05, 0.1) is 0 Å². The molecule has 6 nitrogen and oxygen atoms in total. The van der Waals surface area contributed by atoms with E-state index < -0.39 is 0 Å². The largest absolute Gasteiger partial charge is 0.368 e. The van der Waals surface area contributed by atoms with Crippen molar-refractivity contribution in [2.24, 2.45) is 5.92 Å². The third-order valence-corrected chi connectivity index (χ3v) is 4.38. The van der Waals surface area contributed by atoms with Gasteiger partial charge in [-0.15, -0.1) is 0 Å². The molecule has 0 saturated carbocycles. The number of piperazine rings is 1. The Labute approximate surface area is 151 Å². The van der Waals surface area contributed by atoms with Crippen LogP contribution >= 0.6 is 0 Å². The molecule has 1 aliphatic heterocycles. The fourth-order valence-corrected chi connectivity index (χ4v) is 3.02. The summed E-state index contributed by atoms with van der Waals surface area (Å²) in [6.07, 6.45) is 0. The molecule has 0 bridgehead atoms. The van der Waals surface area contributed by atoms with Crippen LogP contribution in [0.5, 0.6) is 0 Å². The summed E-state index contributed by atoms with van der Waals surface area (Å²) in [6, 6.07) is 9.26. The fourth-order valence-electron chi connectivity index (χ4n) is 3.02. The van der Waals surface area contributed by atoms with E-state index in [0.717, 1.165) is 5.69 Å². The van der Waals surface area contributed by atoms with Crippen LogP contribution in [-0.4, -0.2) is 46.8 Å². The third kappa shape index (κ3) is 4.09. The molecule has 3 rings (SSSR count). The van der Waals surface area contributed by atoms with Gasteiger partial charge in [-0.25, -0.2) is 9.07 Å². The molecule has 138 valence electrons. The number of benzene rings is 1. The van der Waals surface area contributed by atoms with Crippen LogP contribution in [0.2, 0.25) is 0 Å². The Bertz CT molecular complexity index is 824. The smallest absolute Gasteiger partial charge is 0.274 e. The molecule has 0 spiro atoms. The van der Waals surface area contributed by atoms with E-state index in [2.05, 4.69) is 10.00 Å². The van der Waals surface area contributed by atoms with Crippen molar-refractivity contribution in [3.05, 3.63) is 58.3 Å². The molecular formula is C19H23FN4O2. The van der Waals surface area contributed by atoms with E-state index in [4.69, 9.17) is 0 Å². The molecule has 2 aromatic rings. The Balaban J connectivity index is 1.66. The second kappa shape index (κ2) is 7.68. The first kappa shape index (κ1) is 18.1. The lowest BCUT2D eigenvalue weighted by atomic mass is 10.2. The topological polar surface area (TPSA) is 58.4 Å². The third-order valence-electron chi connectivity index (χ3n) is 4.38. The number of carbonyl (C=O) groups is 1. The van der Waals surface area contributed by atoms with Gasteiger partial charge in [0.25, 0.3) is 11.5 Å². The lowest BCUT2D eigenvalue weighted by Crippen LogP contribution is -2.49. The van der Waals surface area contributed by atoms with Gasteiger partial charge in [-0.3, -0.25) is 9.59 Å². The molecule has 0 N–H and O–H groups in total. The number of carbonyl (C=O) groups excluding carboxylic acids is 1. The standard InChI is InChI=1S/C19H23FN4O2/c1-14(2)13-24-18(25)8-7-17(21-24)19(26)23-11-9-22(10-12-23)16-5-3-15(20)4-6-16/h3-8,14H,9-13H2,1-2H3. The molecule has 1 aromatic heterocycles. The summed E-state index contributed by atoms with van der Waals surface area (Å²) in [7, 11) is 0. The van der Waals surface area contributed by atoms with E-state index in [1.165, 1.54) is 28.9 Å². The van der Waals surface area contributed by atoms with Crippen molar-refractivity contribution in [3.8, 4) is 0 Å². The molecule has 1 aromatic carbocycles. The Hall–Kier alpha value is -2.70. The minimum Gasteiger partial charge on any atom is -0.368 e. The predicted octanol–water partition coefficient (Wildman–Crippen LogP) is 2.00. The summed E-state index contributed by atoms with van der Waals surface area (Å²) in [4.78, 5) is 28.5. The number of rotatable bonds is 4. The molecule has 26 heavy (non-hydrogen) atoms. The van der Waals surface area contributed by atoms with Gasteiger partial charge < -0.3 is 9.80 Å². The van der Waals surface area contributed by atoms with Gasteiger partial charge in [-0.05, 0) is 36.2 Å². The molecule has 0 unspecified atom stereocenters. The molecule has 1 amide bonds. The van der Waals surface area contributed by atoms with E-state index >= 15 is 0 Å². The Morgan fingerprint density at radius 2 is 1.73 bits per heavy atom. The zero-order valence-electron chi connectivity index (χ0n) is 15.1. The van der Waals surface area contributed by atoms with Crippen molar-refractivity contribution in [3.63, 3.8) is 0 Å². The van der Waals surface area contributed by atoms with E-state index in [-0.39, 0.29) is 23.2 Å². The van der Waals surface area contributed by atoms with Crippen molar-refractivity contribution < 1.29 is 9.18 Å². The van der Waals surface area contributed by atoms with Crippen LogP contribution in [0.1, 0.15) is 24.3 Å². The molecule has 1 saturated heterocycles. The maximum atomic E-state index is 13.0. The Kier molecular flexibility index (Phi) is 5.35. The van der Waals surface area contributed by atoms with Crippen LogP contribution in [0.15, 0.2) is 41.2 Å². The maximum absolute atomic E-state index is 13.0. The van der Waals surface area contributed by atoms with E-state index in [9.17, 15) is 14.0 Å². The van der Waals surface area contributed by atoms with E-state index in [1.807, 2.05) is 13.8 Å². The summed E-state index contributed by atoms with van der Waals surface area (Å²) >= 11 is 0. The summed E-state index contributed by atoms with van der Waals surface area (Å²) in [5.41, 5.74) is 1.04. The number of hydrogen-bond donors (Lipinski definition) is 0. The fraction of sp³-hybridized carbons (Fsp3) is 0.421. The molecule has 2 heterocycles. The second-order valence-corrected chi connectivity index (χ2v) is 6.89. The molecule has 0 aliphatic carbocycles. The number of hydrogen-bond acceptors (Lipinski definition) is 4. The quantitative estimate of drug-likeness (QED) is 0.839. The van der Waals surface area contributed by atoms with Crippen LogP contribution in [0.3, 0.4) is 0 Å². The average Bonchev–Trinajstić information content (AvgIpc) is 2.63. The van der Waals surface area contributed by atoms with Crippen molar-refractivity contribution in [2.75, 3.05) is 31.1 Å². The van der Waals surface area contributed by atoms with Gasteiger partial charge >= 0.3 is 0 Å². The first-order valence-corrected chi connectivity index (χ1v) is 8.82. The van der Waals surface area contributed by atoms with Crippen molar-refractivity contribution in [1.29, 1.82) is 0 Å². The monoisotopic (exact) mass is 358 g/mol. The first-order chi connectivity index (χ1) is 12.4. The predicted molar refractivity (Wildman–Crippen MR) is 97.9 cm³/mol. The highest BCUT2D eigenvalue weighted by molar-refractivity contribution is 5.92. The second-order valence-electron chi connectivity index (χ2n) is 6.89. The Morgan fingerprint density at radius 3 is 2.35 bits per heavy atom. The van der Waals surface area contributed by atoms with Crippen LogP contribution in [-0.2, 0) is 6.54 Å². The highest BCUT2D eigenvalue weighted by atomic mass is 19.1. The van der Waals surface area contributed by atoms with Gasteiger partial charge in [-0.2, -0.15) is 5.10 Å². The lowest BCUT2D eigenvalue weighted by molar-refractivity contribution is 0.0737. The minimum absolute atomic E-state index is 0.165. The molecule has 0 radical (unpaired) electrons. The van der Waals surface area contributed by atoms with Crippen molar-refractivity contribution in [2.45, 2.75) is 20.4 Å². The van der Waals surface area contributed by atoms with Crippen LogP contribution in [0.4, 0.5) is 10.1 Å². The summed E-state index contributed by atoms with van der Waals surface area (Å²) in [5.74, 6) is -0.156. The first-order valence-electron chi connectivity index (χ1n) is 8.82. The average molecular weight is 358 g/mol. The van der Waals surface area contributed by atoms with Crippen LogP contribution in [0.25, 0.3) is 0 Å². The summed E-state index contributed by atoms with van der Waals surface area (Å²) in [5, 5.41) is 4.23. The molecule has 1 fully saturated rings. The number of anilines is 1. The highest BCUT2D eigenvalue weighted by Crippen LogP contribution is 2.17. The number of amides is 1. The molecule has 1 aliphatic rings. The van der Waals surface area contributed by atoms with Gasteiger partial charge in [0.15, 0.2) is 0 Å². The molecule has 7 heteroatoms. The van der Waals surface area contributed by atoms with Gasteiger partial charge in [0.1, 0.15) is 11.5 Å². The molecular weight excluding hydrogens is 335 g/mol. The summed E-state index contributed by atoms with van der Waals surface area (Å²) in [6.45, 7) is 6.93.